The van der Waals surface area contributed by atoms with Gasteiger partial charge in [-0.2, -0.15) is 24.5 Å². The van der Waals surface area contributed by atoms with E-state index in [4.69, 9.17) is 0 Å². The Morgan fingerprint density at radius 2 is 1.33 bits per heavy atom. The lowest BCUT2D eigenvalue weighted by Crippen LogP contribution is -2.05. The summed E-state index contributed by atoms with van der Waals surface area (Å²) < 4.78 is 89.5. The van der Waals surface area contributed by atoms with Crippen molar-refractivity contribution in [3.63, 3.8) is 0 Å². The van der Waals surface area contributed by atoms with Gasteiger partial charge in [-0.05, 0) is 46.2 Å². The molecule has 0 fully saturated rings. The van der Waals surface area contributed by atoms with E-state index >= 15 is 0 Å². The molecule has 0 atom stereocenters. The maximum Gasteiger partial charge on any atom is 0.416 e. The van der Waals surface area contributed by atoms with Gasteiger partial charge in [-0.25, -0.2) is 17.2 Å². The average Bonchev–Trinajstić information content (AvgIpc) is 3.01. The molecule has 0 amide bonds. The van der Waals surface area contributed by atoms with Crippen molar-refractivity contribution in [2.75, 3.05) is 6.26 Å². The minimum atomic E-state index is -4.47. The Bertz CT molecular complexity index is 1070. The second-order valence-electron chi connectivity index (χ2n) is 5.82. The third-order valence-corrected chi connectivity index (χ3v) is 5.74. The van der Waals surface area contributed by atoms with E-state index in [9.17, 15) is 30.4 Å². The molecule has 0 aliphatic heterocycles. The van der Waals surface area contributed by atoms with E-state index < -0.39 is 38.1 Å². The van der Waals surface area contributed by atoms with Crippen LogP contribution in [0.3, 0.4) is 0 Å². The van der Waals surface area contributed by atoms with E-state index in [1.807, 2.05) is 0 Å². The van der Waals surface area contributed by atoms with Gasteiger partial charge in [-0.15, -0.1) is 0 Å². The molecule has 142 valence electrons. The molecule has 1 aromatic heterocycles. The predicted octanol–water partition coefficient (Wildman–Crippen LogP) is 5.78. The fraction of sp³-hybridized carbons (Fsp3) is 0.111. The third-order valence-electron chi connectivity index (χ3n) is 3.87. The van der Waals surface area contributed by atoms with Gasteiger partial charge in [-0.1, -0.05) is 12.1 Å². The summed E-state index contributed by atoms with van der Waals surface area (Å²) >= 11 is 1.20. The first-order valence-corrected chi connectivity index (χ1v) is 10.2. The molecule has 0 aliphatic rings. The highest BCUT2D eigenvalue weighted by Gasteiger charge is 2.30. The van der Waals surface area contributed by atoms with E-state index in [1.54, 1.807) is 10.8 Å². The molecule has 3 aromatic rings. The third kappa shape index (κ3) is 3.89. The topological polar surface area (TPSA) is 34.1 Å². The van der Waals surface area contributed by atoms with Crippen molar-refractivity contribution in [1.82, 2.24) is 0 Å². The van der Waals surface area contributed by atoms with Crippen LogP contribution in [0.15, 0.2) is 52.1 Å². The molecule has 0 saturated heterocycles. The predicted molar refractivity (Wildman–Crippen MR) is 93.2 cm³/mol. The van der Waals surface area contributed by atoms with Crippen LogP contribution in [-0.4, -0.2) is 14.7 Å². The molecule has 27 heavy (non-hydrogen) atoms. The number of rotatable bonds is 3. The summed E-state index contributed by atoms with van der Waals surface area (Å²) in [5.41, 5.74) is 0.593. The van der Waals surface area contributed by atoms with Gasteiger partial charge >= 0.3 is 6.18 Å². The first-order valence-electron chi connectivity index (χ1n) is 7.42. The standard InChI is InChI=1S/C18H11F5O2S2/c1-27(24,25)17-15(19)6-11(7-16(17)20)14-9-26-8-13(14)10-2-4-12(5-3-10)18(21,22)23/h2-9H,1H3. The minimum Gasteiger partial charge on any atom is -0.224 e. The summed E-state index contributed by atoms with van der Waals surface area (Å²) in [5.74, 6) is -2.45. The second kappa shape index (κ2) is 6.72. The zero-order chi connectivity index (χ0) is 20.0. The van der Waals surface area contributed by atoms with Gasteiger partial charge in [-0.3, -0.25) is 0 Å². The maximum absolute atomic E-state index is 14.2. The van der Waals surface area contributed by atoms with Gasteiger partial charge in [0.15, 0.2) is 9.84 Å². The normalized spacial score (nSPS) is 12.4. The van der Waals surface area contributed by atoms with Gasteiger partial charge in [0.1, 0.15) is 16.5 Å². The molecular weight excluding hydrogens is 407 g/mol. The lowest BCUT2D eigenvalue weighted by atomic mass is 9.98. The minimum absolute atomic E-state index is 0.0912. The lowest BCUT2D eigenvalue weighted by molar-refractivity contribution is -0.137. The number of benzene rings is 2. The molecule has 0 aliphatic carbocycles. The molecule has 0 spiro atoms. The van der Waals surface area contributed by atoms with E-state index in [1.165, 1.54) is 23.5 Å². The highest BCUT2D eigenvalue weighted by atomic mass is 32.2. The smallest absolute Gasteiger partial charge is 0.224 e. The molecule has 0 saturated carbocycles. The molecule has 0 bridgehead atoms. The molecule has 0 radical (unpaired) electrons. The van der Waals surface area contributed by atoms with Crippen molar-refractivity contribution in [2.45, 2.75) is 11.1 Å². The van der Waals surface area contributed by atoms with Gasteiger partial charge in [0.25, 0.3) is 0 Å². The Morgan fingerprint density at radius 1 is 0.852 bits per heavy atom. The number of halogens is 5. The first kappa shape index (κ1) is 19.5. The number of sulfone groups is 1. The van der Waals surface area contributed by atoms with Crippen LogP contribution in [0.5, 0.6) is 0 Å². The van der Waals surface area contributed by atoms with Crippen molar-refractivity contribution in [2.24, 2.45) is 0 Å². The monoisotopic (exact) mass is 418 g/mol. The number of thiophene rings is 1. The molecule has 1 heterocycles. The largest absolute Gasteiger partial charge is 0.416 e. The Kier molecular flexibility index (Phi) is 4.85. The van der Waals surface area contributed by atoms with Crippen molar-refractivity contribution in [3.05, 3.63) is 64.4 Å². The Morgan fingerprint density at radius 3 is 1.78 bits per heavy atom. The van der Waals surface area contributed by atoms with Crippen LogP contribution in [-0.2, 0) is 16.0 Å². The van der Waals surface area contributed by atoms with E-state index in [2.05, 4.69) is 0 Å². The molecule has 9 heteroatoms. The molecular formula is C18H11F5O2S2. The van der Waals surface area contributed by atoms with Crippen LogP contribution < -0.4 is 0 Å². The van der Waals surface area contributed by atoms with Crippen molar-refractivity contribution < 1.29 is 30.4 Å². The first-order chi connectivity index (χ1) is 12.5. The summed E-state index contributed by atoms with van der Waals surface area (Å²) in [5, 5.41) is 3.22. The van der Waals surface area contributed by atoms with E-state index in [0.29, 0.717) is 22.9 Å². The summed E-state index contributed by atoms with van der Waals surface area (Å²) in [6.07, 6.45) is -3.77. The number of hydrogen-bond donors (Lipinski definition) is 0. The quantitative estimate of drug-likeness (QED) is 0.505. The Balaban J connectivity index is 2.08. The summed E-state index contributed by atoms with van der Waals surface area (Å²) in [6.45, 7) is 0. The van der Waals surface area contributed by atoms with Crippen molar-refractivity contribution in [3.8, 4) is 22.3 Å². The van der Waals surface area contributed by atoms with E-state index in [-0.39, 0.29) is 5.56 Å². The van der Waals surface area contributed by atoms with Crippen molar-refractivity contribution >= 4 is 21.2 Å². The molecule has 0 unspecified atom stereocenters. The van der Waals surface area contributed by atoms with Crippen LogP contribution in [0.25, 0.3) is 22.3 Å². The Labute approximate surface area is 155 Å². The fourth-order valence-corrected chi connectivity index (χ4v) is 4.35. The highest BCUT2D eigenvalue weighted by Crippen LogP contribution is 2.38. The van der Waals surface area contributed by atoms with Crippen LogP contribution in [0.4, 0.5) is 22.0 Å². The maximum atomic E-state index is 14.2. The average molecular weight is 418 g/mol. The van der Waals surface area contributed by atoms with Crippen LogP contribution in [0, 0.1) is 11.6 Å². The summed E-state index contributed by atoms with van der Waals surface area (Å²) in [6, 6.07) is 6.18. The highest BCUT2D eigenvalue weighted by molar-refractivity contribution is 7.90. The van der Waals surface area contributed by atoms with E-state index in [0.717, 1.165) is 24.3 Å². The van der Waals surface area contributed by atoms with Crippen LogP contribution in [0.2, 0.25) is 0 Å². The molecule has 3 rings (SSSR count). The second-order valence-corrected chi connectivity index (χ2v) is 8.51. The fourth-order valence-electron chi connectivity index (χ4n) is 2.65. The number of hydrogen-bond acceptors (Lipinski definition) is 3. The SMILES string of the molecule is CS(=O)(=O)c1c(F)cc(-c2cscc2-c2ccc(C(F)(F)F)cc2)cc1F. The van der Waals surface area contributed by atoms with Crippen molar-refractivity contribution in [1.29, 1.82) is 0 Å². The lowest BCUT2D eigenvalue weighted by Gasteiger charge is -2.10. The molecule has 2 nitrogen and oxygen atoms in total. The van der Waals surface area contributed by atoms with Gasteiger partial charge in [0.05, 0.1) is 5.56 Å². The molecule has 0 N–H and O–H groups in total. The van der Waals surface area contributed by atoms with Crippen LogP contribution in [0.1, 0.15) is 5.56 Å². The number of alkyl halides is 3. The molecule has 2 aromatic carbocycles. The van der Waals surface area contributed by atoms with Gasteiger partial charge in [0, 0.05) is 17.4 Å². The van der Waals surface area contributed by atoms with Gasteiger partial charge in [0.2, 0.25) is 0 Å². The summed E-state index contributed by atoms with van der Waals surface area (Å²) in [7, 11) is -4.08. The van der Waals surface area contributed by atoms with Gasteiger partial charge < -0.3 is 0 Å². The zero-order valence-corrected chi connectivity index (χ0v) is 15.3. The summed E-state index contributed by atoms with van der Waals surface area (Å²) in [4.78, 5) is -1.02. The Hall–Kier alpha value is -2.26. The van der Waals surface area contributed by atoms with Crippen LogP contribution >= 0.6 is 11.3 Å². The zero-order valence-electron chi connectivity index (χ0n) is 13.6.